The second kappa shape index (κ2) is 7.57. The number of hydrogen-bond donors (Lipinski definition) is 2. The minimum Gasteiger partial charge on any atom is -0.395 e. The molecule has 3 heterocycles. The van der Waals surface area contributed by atoms with E-state index in [2.05, 4.69) is 33.6 Å². The Balaban J connectivity index is 1.69. The van der Waals surface area contributed by atoms with Crippen LogP contribution in [0.25, 0.3) is 17.0 Å². The van der Waals surface area contributed by atoms with Crippen LogP contribution in [0.5, 0.6) is 0 Å². The molecule has 1 aromatic carbocycles. The lowest BCUT2D eigenvalue weighted by atomic mass is 9.90. The summed E-state index contributed by atoms with van der Waals surface area (Å²) in [6.07, 6.45) is 3.75. The van der Waals surface area contributed by atoms with Crippen molar-refractivity contribution in [2.45, 2.75) is 39.7 Å². The first-order chi connectivity index (χ1) is 14.3. The van der Waals surface area contributed by atoms with Gasteiger partial charge in [0.05, 0.1) is 18.0 Å². The summed E-state index contributed by atoms with van der Waals surface area (Å²) in [5, 5.41) is 18.0. The van der Waals surface area contributed by atoms with E-state index < -0.39 is 5.41 Å². The van der Waals surface area contributed by atoms with E-state index in [-0.39, 0.29) is 6.61 Å². The van der Waals surface area contributed by atoms with Crippen molar-refractivity contribution < 1.29 is 5.11 Å². The van der Waals surface area contributed by atoms with Crippen LogP contribution in [0.2, 0.25) is 0 Å². The third-order valence-corrected chi connectivity index (χ3v) is 5.63. The van der Waals surface area contributed by atoms with Crippen molar-refractivity contribution in [1.82, 2.24) is 24.1 Å². The van der Waals surface area contributed by atoms with Crippen LogP contribution >= 0.6 is 0 Å². The number of fused-ring (bicyclic) bond motifs is 1. The van der Waals surface area contributed by atoms with E-state index in [0.717, 1.165) is 45.4 Å². The average Bonchev–Trinajstić information content (AvgIpc) is 3.29. The van der Waals surface area contributed by atoms with E-state index >= 15 is 0 Å². The van der Waals surface area contributed by atoms with Gasteiger partial charge in [0, 0.05) is 48.6 Å². The molecule has 7 heteroatoms. The van der Waals surface area contributed by atoms with Gasteiger partial charge < -0.3 is 15.0 Å². The number of rotatable bonds is 6. The summed E-state index contributed by atoms with van der Waals surface area (Å²) in [5.74, 6) is 1.79. The number of hydrogen-bond acceptors (Lipinski definition) is 5. The predicted molar refractivity (Wildman–Crippen MR) is 119 cm³/mol. The lowest BCUT2D eigenvalue weighted by Gasteiger charge is -2.22. The van der Waals surface area contributed by atoms with Crippen LogP contribution in [0.3, 0.4) is 0 Å². The van der Waals surface area contributed by atoms with Crippen molar-refractivity contribution in [3.05, 3.63) is 65.2 Å². The summed E-state index contributed by atoms with van der Waals surface area (Å²) in [7, 11) is 1.99. The van der Waals surface area contributed by atoms with Gasteiger partial charge in [-0.1, -0.05) is 32.0 Å². The smallest absolute Gasteiger partial charge is 0.160 e. The first-order valence-electron chi connectivity index (χ1n) is 10.1. The van der Waals surface area contributed by atoms with E-state index in [0.29, 0.717) is 6.54 Å². The zero-order chi connectivity index (χ0) is 21.5. The fraction of sp³-hybridized carbons (Fsp3) is 0.348. The molecule has 0 aliphatic carbocycles. The van der Waals surface area contributed by atoms with Gasteiger partial charge in [-0.25, -0.2) is 9.97 Å². The van der Waals surface area contributed by atoms with Gasteiger partial charge in [-0.05, 0) is 25.5 Å². The van der Waals surface area contributed by atoms with E-state index in [4.69, 9.17) is 4.98 Å². The molecule has 0 saturated heterocycles. The zero-order valence-corrected chi connectivity index (χ0v) is 18.1. The van der Waals surface area contributed by atoms with Gasteiger partial charge in [0.1, 0.15) is 11.6 Å². The number of aromatic nitrogens is 5. The molecule has 0 spiro atoms. The van der Waals surface area contributed by atoms with Crippen LogP contribution < -0.4 is 5.32 Å². The maximum absolute atomic E-state index is 9.85. The van der Waals surface area contributed by atoms with Gasteiger partial charge in [-0.2, -0.15) is 9.61 Å². The number of anilines is 1. The fourth-order valence-corrected chi connectivity index (χ4v) is 3.44. The van der Waals surface area contributed by atoms with Crippen LogP contribution in [0, 0.1) is 13.8 Å². The monoisotopic (exact) mass is 404 g/mol. The highest BCUT2D eigenvalue weighted by molar-refractivity contribution is 5.58. The Morgan fingerprint density at radius 1 is 1.17 bits per heavy atom. The first-order valence-corrected chi connectivity index (χ1v) is 10.1. The lowest BCUT2D eigenvalue weighted by Crippen LogP contribution is -2.24. The van der Waals surface area contributed by atoms with Gasteiger partial charge in [0.15, 0.2) is 5.65 Å². The molecule has 0 unspecified atom stereocenters. The van der Waals surface area contributed by atoms with Crippen LogP contribution in [-0.2, 0) is 19.0 Å². The summed E-state index contributed by atoms with van der Waals surface area (Å²) in [6.45, 7) is 8.65. The number of aryl methyl sites for hydroxylation is 3. The largest absolute Gasteiger partial charge is 0.395 e. The Morgan fingerprint density at radius 2 is 1.97 bits per heavy atom. The molecule has 4 rings (SSSR count). The minimum atomic E-state index is -0.444. The number of benzene rings is 1. The Labute approximate surface area is 176 Å². The van der Waals surface area contributed by atoms with E-state index in [1.807, 2.05) is 62.2 Å². The molecule has 0 aliphatic rings. The van der Waals surface area contributed by atoms with Gasteiger partial charge in [0.25, 0.3) is 0 Å². The summed E-state index contributed by atoms with van der Waals surface area (Å²) < 4.78 is 3.86. The second-order valence-electron chi connectivity index (χ2n) is 8.43. The molecule has 0 saturated carbocycles. The second-order valence-corrected chi connectivity index (χ2v) is 8.43. The molecule has 0 fully saturated rings. The molecular weight excluding hydrogens is 376 g/mol. The third-order valence-electron chi connectivity index (χ3n) is 5.63. The van der Waals surface area contributed by atoms with Gasteiger partial charge >= 0.3 is 0 Å². The molecule has 0 atom stereocenters. The Kier molecular flexibility index (Phi) is 5.07. The number of nitrogens with one attached hydrogen (secondary N) is 1. The Morgan fingerprint density at radius 3 is 2.67 bits per heavy atom. The van der Waals surface area contributed by atoms with Gasteiger partial charge in [0.2, 0.25) is 0 Å². The normalized spacial score (nSPS) is 11.9. The lowest BCUT2D eigenvalue weighted by molar-refractivity contribution is 0.215. The summed E-state index contributed by atoms with van der Waals surface area (Å²) in [6, 6.07) is 10.3. The summed E-state index contributed by atoms with van der Waals surface area (Å²) in [4.78, 5) is 9.24. The molecule has 2 N–H and O–H groups in total. The molecule has 0 bridgehead atoms. The van der Waals surface area contributed by atoms with Crippen LogP contribution in [-0.4, -0.2) is 35.9 Å². The Bertz CT molecular complexity index is 1200. The van der Waals surface area contributed by atoms with Crippen molar-refractivity contribution >= 4 is 11.5 Å². The fourth-order valence-electron chi connectivity index (χ4n) is 3.44. The topological polar surface area (TPSA) is 80.3 Å². The van der Waals surface area contributed by atoms with Gasteiger partial charge in [-0.15, -0.1) is 0 Å². The molecule has 0 amide bonds. The number of aliphatic hydroxyl groups excluding tert-OH is 1. The third kappa shape index (κ3) is 3.57. The molecule has 3 aromatic heterocycles. The van der Waals surface area contributed by atoms with Crippen molar-refractivity contribution in [3.63, 3.8) is 0 Å². The number of imidazole rings is 1. The molecule has 0 aliphatic heterocycles. The van der Waals surface area contributed by atoms with Crippen molar-refractivity contribution in [3.8, 4) is 11.4 Å². The minimum absolute atomic E-state index is 0.0213. The standard InChI is InChI=1S/C23H28N6O/c1-15-16(2)27-29-20(12-19(26-21(15)29)23(3,4)14-30)25-13-17-7-6-8-18(11-17)22-24-9-10-28(22)5/h6-12,25,30H,13-14H2,1-5H3. The highest BCUT2D eigenvalue weighted by atomic mass is 16.3. The SMILES string of the molecule is Cc1nn2c(NCc3cccc(-c4nccn4C)c3)cc(C(C)(C)CO)nc2c1C. The highest BCUT2D eigenvalue weighted by Crippen LogP contribution is 2.27. The van der Waals surface area contributed by atoms with Crippen LogP contribution in [0.1, 0.15) is 36.4 Å². The quantitative estimate of drug-likeness (QED) is 0.513. The maximum Gasteiger partial charge on any atom is 0.160 e. The highest BCUT2D eigenvalue weighted by Gasteiger charge is 2.24. The molecule has 156 valence electrons. The molecule has 30 heavy (non-hydrogen) atoms. The first kappa shape index (κ1) is 20.1. The van der Waals surface area contributed by atoms with E-state index in [9.17, 15) is 5.11 Å². The van der Waals surface area contributed by atoms with Gasteiger partial charge in [-0.3, -0.25) is 0 Å². The molecule has 7 nitrogen and oxygen atoms in total. The maximum atomic E-state index is 9.85. The predicted octanol–water partition coefficient (Wildman–Crippen LogP) is 3.63. The van der Waals surface area contributed by atoms with Crippen molar-refractivity contribution in [1.29, 1.82) is 0 Å². The summed E-state index contributed by atoms with van der Waals surface area (Å²) in [5.41, 5.74) is 5.42. The molecular formula is C23H28N6O. The molecule has 4 aromatic rings. The van der Waals surface area contributed by atoms with Crippen molar-refractivity contribution in [2.24, 2.45) is 7.05 Å². The van der Waals surface area contributed by atoms with Crippen LogP contribution in [0.15, 0.2) is 42.7 Å². The van der Waals surface area contributed by atoms with E-state index in [1.165, 1.54) is 0 Å². The zero-order valence-electron chi connectivity index (χ0n) is 18.1. The number of aliphatic hydroxyl groups is 1. The average molecular weight is 405 g/mol. The number of nitrogens with zero attached hydrogens (tertiary/aromatic N) is 5. The Hall–Kier alpha value is -3.19. The van der Waals surface area contributed by atoms with Crippen LogP contribution in [0.4, 0.5) is 5.82 Å². The van der Waals surface area contributed by atoms with Crippen molar-refractivity contribution in [2.75, 3.05) is 11.9 Å². The van der Waals surface area contributed by atoms with E-state index in [1.54, 1.807) is 6.20 Å². The molecule has 0 radical (unpaired) electrons. The summed E-state index contributed by atoms with van der Waals surface area (Å²) >= 11 is 0.